The second-order valence-corrected chi connectivity index (χ2v) is 6.02. The maximum atomic E-state index is 12.8. The van der Waals surface area contributed by atoms with Gasteiger partial charge in [-0.3, -0.25) is 4.90 Å². The minimum Gasteiger partial charge on any atom is -0.507 e. The Labute approximate surface area is 136 Å². The van der Waals surface area contributed by atoms with Crippen molar-refractivity contribution < 1.29 is 18.3 Å². The third-order valence-corrected chi connectivity index (χ3v) is 4.40. The lowest BCUT2D eigenvalue weighted by molar-refractivity contribution is -0.138. The molecule has 1 heterocycles. The van der Waals surface area contributed by atoms with Gasteiger partial charge in [-0.05, 0) is 37.8 Å². The largest absolute Gasteiger partial charge is 0.507 e. The molecular formula is C15H18F3N5O. The van der Waals surface area contributed by atoms with Crippen molar-refractivity contribution in [3.05, 3.63) is 23.8 Å². The Kier molecular flexibility index (Phi) is 3.81. The number of aromatic hydroxyl groups is 1. The van der Waals surface area contributed by atoms with Crippen LogP contribution in [-0.4, -0.2) is 22.7 Å². The molecule has 0 aromatic heterocycles. The first-order valence-electron chi connectivity index (χ1n) is 7.63. The molecule has 1 fully saturated rings. The Bertz CT molecular complexity index is 708. The summed E-state index contributed by atoms with van der Waals surface area (Å²) in [5.41, 5.74) is 10.2. The number of phenols is 1. The third kappa shape index (κ3) is 2.74. The van der Waals surface area contributed by atoms with Crippen molar-refractivity contribution in [2.24, 2.45) is 21.5 Å². The molecule has 9 heteroatoms. The fourth-order valence-corrected chi connectivity index (χ4v) is 3.39. The van der Waals surface area contributed by atoms with E-state index in [1.165, 1.54) is 6.07 Å². The number of hydrogen-bond donors (Lipinski definition) is 3. The number of alkyl halides is 3. The van der Waals surface area contributed by atoms with E-state index in [1.54, 1.807) is 4.90 Å². The highest BCUT2D eigenvalue weighted by atomic mass is 19.4. The second-order valence-electron chi connectivity index (χ2n) is 6.02. The molecule has 6 nitrogen and oxygen atoms in total. The Morgan fingerprint density at radius 3 is 2.38 bits per heavy atom. The zero-order valence-corrected chi connectivity index (χ0v) is 12.8. The molecule has 0 bridgehead atoms. The minimum absolute atomic E-state index is 0.0572. The predicted molar refractivity (Wildman–Crippen MR) is 84.6 cm³/mol. The van der Waals surface area contributed by atoms with Gasteiger partial charge < -0.3 is 16.6 Å². The van der Waals surface area contributed by atoms with Gasteiger partial charge in [0.1, 0.15) is 11.4 Å². The van der Waals surface area contributed by atoms with E-state index >= 15 is 0 Å². The van der Waals surface area contributed by atoms with E-state index in [2.05, 4.69) is 9.98 Å². The zero-order chi connectivity index (χ0) is 17.5. The van der Waals surface area contributed by atoms with Gasteiger partial charge in [-0.15, -0.1) is 0 Å². The Balaban J connectivity index is 2.06. The lowest BCUT2D eigenvalue weighted by Crippen LogP contribution is -2.58. The first kappa shape index (κ1) is 16.4. The lowest BCUT2D eigenvalue weighted by atomic mass is 9.87. The number of rotatable bonds is 1. The molecule has 5 N–H and O–H groups in total. The molecule has 3 rings (SSSR count). The van der Waals surface area contributed by atoms with E-state index in [4.69, 9.17) is 11.5 Å². The number of halogens is 3. The number of phenolic OH excluding ortho intramolecular Hbond substituents is 1. The second kappa shape index (κ2) is 5.57. The average Bonchev–Trinajstić information content (AvgIpc) is 2.45. The molecule has 0 atom stereocenters. The van der Waals surface area contributed by atoms with Crippen molar-refractivity contribution in [2.45, 2.75) is 43.9 Å². The monoisotopic (exact) mass is 341 g/mol. The summed E-state index contributed by atoms with van der Waals surface area (Å²) in [6.07, 6.45) is -0.479. The highest BCUT2D eigenvalue weighted by Gasteiger charge is 2.43. The Morgan fingerprint density at radius 2 is 1.79 bits per heavy atom. The van der Waals surface area contributed by atoms with Gasteiger partial charge in [0.05, 0.1) is 5.56 Å². The van der Waals surface area contributed by atoms with Crippen LogP contribution in [0.1, 0.15) is 37.7 Å². The topological polar surface area (TPSA) is 100 Å². The number of aliphatic imine (C=N–C) groups is 2. The minimum atomic E-state index is -4.63. The van der Waals surface area contributed by atoms with Gasteiger partial charge in [0.25, 0.3) is 0 Å². The molecule has 24 heavy (non-hydrogen) atoms. The van der Waals surface area contributed by atoms with E-state index in [1.807, 2.05) is 0 Å². The maximum absolute atomic E-state index is 12.8. The van der Waals surface area contributed by atoms with Gasteiger partial charge in [0, 0.05) is 11.8 Å². The summed E-state index contributed by atoms with van der Waals surface area (Å²) in [6, 6.07) is 3.13. The number of hydrogen-bond acceptors (Lipinski definition) is 6. The number of benzene rings is 1. The van der Waals surface area contributed by atoms with Crippen LogP contribution in [0, 0.1) is 0 Å². The van der Waals surface area contributed by atoms with Gasteiger partial charge in [-0.2, -0.15) is 18.2 Å². The number of nitrogens with two attached hydrogens (primary N) is 2. The van der Waals surface area contributed by atoms with Crippen LogP contribution >= 0.6 is 0 Å². The van der Waals surface area contributed by atoms with Crippen molar-refractivity contribution in [1.29, 1.82) is 0 Å². The summed E-state index contributed by atoms with van der Waals surface area (Å²) in [5.74, 6) is -0.744. The quantitative estimate of drug-likeness (QED) is 0.731. The van der Waals surface area contributed by atoms with Crippen LogP contribution in [0.15, 0.2) is 28.2 Å². The van der Waals surface area contributed by atoms with Crippen molar-refractivity contribution in [1.82, 2.24) is 0 Å². The van der Waals surface area contributed by atoms with E-state index in [9.17, 15) is 18.3 Å². The SMILES string of the molecule is NC1=NC2(CCCCC2)N(c2ccc(C(F)(F)F)c(O)c2)C(N)=N1. The molecule has 1 aliphatic heterocycles. The molecule has 130 valence electrons. The lowest BCUT2D eigenvalue weighted by Gasteiger charge is -2.45. The molecule has 1 aromatic rings. The van der Waals surface area contributed by atoms with Gasteiger partial charge in [-0.1, -0.05) is 6.42 Å². The number of nitrogens with zero attached hydrogens (tertiary/aromatic N) is 3. The molecule has 0 radical (unpaired) electrons. The molecule has 1 aliphatic carbocycles. The van der Waals surface area contributed by atoms with Crippen LogP contribution in [0.2, 0.25) is 0 Å². The third-order valence-electron chi connectivity index (χ3n) is 4.40. The summed E-state index contributed by atoms with van der Waals surface area (Å²) < 4.78 is 38.5. The predicted octanol–water partition coefficient (Wildman–Crippen LogP) is 2.52. The summed E-state index contributed by atoms with van der Waals surface area (Å²) in [7, 11) is 0. The Morgan fingerprint density at radius 1 is 1.12 bits per heavy atom. The number of anilines is 1. The summed E-state index contributed by atoms with van der Waals surface area (Å²) in [4.78, 5) is 9.94. The highest BCUT2D eigenvalue weighted by molar-refractivity contribution is 6.05. The molecule has 0 saturated heterocycles. The van der Waals surface area contributed by atoms with Gasteiger partial charge in [0.2, 0.25) is 11.9 Å². The van der Waals surface area contributed by atoms with E-state index in [0.29, 0.717) is 18.5 Å². The summed E-state index contributed by atoms with van der Waals surface area (Å²) in [5, 5.41) is 9.79. The van der Waals surface area contributed by atoms with Crippen molar-refractivity contribution >= 4 is 17.6 Å². The summed E-state index contributed by atoms with van der Waals surface area (Å²) >= 11 is 0. The zero-order valence-electron chi connectivity index (χ0n) is 12.8. The Hall–Kier alpha value is -2.45. The van der Waals surface area contributed by atoms with Crippen LogP contribution < -0.4 is 16.4 Å². The van der Waals surface area contributed by atoms with Gasteiger partial charge in [-0.25, -0.2) is 4.99 Å². The normalized spacial score (nSPS) is 20.7. The fourth-order valence-electron chi connectivity index (χ4n) is 3.39. The van der Waals surface area contributed by atoms with E-state index < -0.39 is 23.2 Å². The molecule has 1 aromatic carbocycles. The smallest absolute Gasteiger partial charge is 0.419 e. The molecule has 0 unspecified atom stereocenters. The maximum Gasteiger partial charge on any atom is 0.419 e. The molecule has 2 aliphatic rings. The molecule has 1 spiro atoms. The van der Waals surface area contributed by atoms with Crippen LogP contribution in [-0.2, 0) is 6.18 Å². The molecule has 1 saturated carbocycles. The standard InChI is InChI=1S/C15H18F3N5O/c16-15(17,18)10-5-4-9(8-11(10)24)23-13(20)21-12(19)22-14(23)6-2-1-3-7-14/h4-5,8,24H,1-3,6-7H2,(H4,19,20,21,22). The summed E-state index contributed by atoms with van der Waals surface area (Å²) in [6.45, 7) is 0. The van der Waals surface area contributed by atoms with Gasteiger partial charge in [0.15, 0.2) is 0 Å². The van der Waals surface area contributed by atoms with Crippen LogP contribution in [0.25, 0.3) is 0 Å². The van der Waals surface area contributed by atoms with E-state index in [-0.39, 0.29) is 11.9 Å². The van der Waals surface area contributed by atoms with Crippen LogP contribution in [0.5, 0.6) is 5.75 Å². The van der Waals surface area contributed by atoms with Crippen molar-refractivity contribution in [2.75, 3.05) is 4.90 Å². The highest BCUT2D eigenvalue weighted by Crippen LogP contribution is 2.42. The van der Waals surface area contributed by atoms with Gasteiger partial charge >= 0.3 is 6.18 Å². The molecular weight excluding hydrogens is 323 g/mol. The average molecular weight is 341 g/mol. The fraction of sp³-hybridized carbons (Fsp3) is 0.467. The van der Waals surface area contributed by atoms with Crippen molar-refractivity contribution in [3.8, 4) is 5.75 Å². The van der Waals surface area contributed by atoms with E-state index in [0.717, 1.165) is 31.4 Å². The first-order chi connectivity index (χ1) is 11.2. The van der Waals surface area contributed by atoms with Crippen molar-refractivity contribution in [3.63, 3.8) is 0 Å². The first-order valence-corrected chi connectivity index (χ1v) is 7.63. The van der Waals surface area contributed by atoms with Crippen LogP contribution in [0.3, 0.4) is 0 Å². The number of guanidine groups is 2. The molecule has 0 amide bonds. The van der Waals surface area contributed by atoms with Crippen LogP contribution in [0.4, 0.5) is 18.9 Å².